The van der Waals surface area contributed by atoms with E-state index in [2.05, 4.69) is 54.1 Å². The molecule has 2 heterocycles. The van der Waals surface area contributed by atoms with Crippen molar-refractivity contribution in [3.8, 4) is 5.75 Å². The number of fused-ring (bicyclic) bond motifs is 1. The van der Waals surface area contributed by atoms with Crippen LogP contribution in [0.3, 0.4) is 0 Å². The maximum atomic E-state index is 5.58. The summed E-state index contributed by atoms with van der Waals surface area (Å²) in [5.41, 5.74) is 2.79. The molecular formula is C14H19NOS2. The molecule has 1 N–H and O–H groups in total. The molecule has 0 amide bonds. The maximum Gasteiger partial charge on any atom is 0.122 e. The normalized spacial score (nSPS) is 24.4. The number of rotatable bonds is 3. The van der Waals surface area contributed by atoms with Crippen LogP contribution in [0, 0.1) is 0 Å². The second-order valence-electron chi connectivity index (χ2n) is 4.72. The van der Waals surface area contributed by atoms with Gasteiger partial charge in [-0.3, -0.25) is 0 Å². The Morgan fingerprint density at radius 3 is 3.11 bits per heavy atom. The first-order valence-corrected chi connectivity index (χ1v) is 8.71. The first-order chi connectivity index (χ1) is 8.88. The highest BCUT2D eigenvalue weighted by Gasteiger charge is 2.25. The molecule has 18 heavy (non-hydrogen) atoms. The van der Waals surface area contributed by atoms with Gasteiger partial charge in [-0.15, -0.1) is 0 Å². The minimum absolute atomic E-state index is 0.466. The summed E-state index contributed by atoms with van der Waals surface area (Å²) in [4.78, 5) is 0. The van der Waals surface area contributed by atoms with Crippen LogP contribution in [-0.4, -0.2) is 36.2 Å². The van der Waals surface area contributed by atoms with Gasteiger partial charge < -0.3 is 10.1 Å². The fraction of sp³-hybridized carbons (Fsp3) is 0.571. The van der Waals surface area contributed by atoms with Crippen LogP contribution in [0.1, 0.15) is 17.2 Å². The molecule has 2 atom stereocenters. The molecule has 1 fully saturated rings. The first-order valence-electron chi connectivity index (χ1n) is 6.51. The van der Waals surface area contributed by atoms with Gasteiger partial charge in [-0.05, 0) is 24.2 Å². The Labute approximate surface area is 117 Å². The fourth-order valence-corrected chi connectivity index (χ4v) is 5.58. The van der Waals surface area contributed by atoms with Crippen molar-refractivity contribution in [1.82, 2.24) is 5.32 Å². The van der Waals surface area contributed by atoms with E-state index in [0.29, 0.717) is 11.3 Å². The molecule has 2 nitrogen and oxygen atoms in total. The summed E-state index contributed by atoms with van der Waals surface area (Å²) in [6.07, 6.45) is 1.06. The van der Waals surface area contributed by atoms with Crippen molar-refractivity contribution in [2.75, 3.05) is 30.9 Å². The Morgan fingerprint density at radius 1 is 1.39 bits per heavy atom. The van der Waals surface area contributed by atoms with E-state index in [4.69, 9.17) is 4.74 Å². The number of hydrogen-bond acceptors (Lipinski definition) is 4. The molecule has 1 saturated heterocycles. The molecule has 0 spiro atoms. The molecule has 0 aromatic heterocycles. The van der Waals surface area contributed by atoms with Gasteiger partial charge in [-0.2, -0.15) is 23.5 Å². The molecule has 3 rings (SSSR count). The van der Waals surface area contributed by atoms with Crippen LogP contribution in [0.2, 0.25) is 0 Å². The lowest BCUT2D eigenvalue weighted by Crippen LogP contribution is -2.31. The zero-order valence-corrected chi connectivity index (χ0v) is 12.3. The molecule has 98 valence electrons. The van der Waals surface area contributed by atoms with Crippen molar-refractivity contribution in [3.63, 3.8) is 0 Å². The van der Waals surface area contributed by atoms with Crippen LogP contribution in [0.5, 0.6) is 5.75 Å². The second-order valence-corrected chi connectivity index (χ2v) is 7.21. The van der Waals surface area contributed by atoms with Gasteiger partial charge in [0.1, 0.15) is 5.75 Å². The standard InChI is InChI=1S/C14H19NOS2/c1-15-14(13-9-17-6-7-18-13)11-2-3-12-10(8-11)4-5-16-12/h2-3,8,13-15H,4-7,9H2,1H3. The van der Waals surface area contributed by atoms with Crippen molar-refractivity contribution < 1.29 is 4.74 Å². The smallest absolute Gasteiger partial charge is 0.122 e. The van der Waals surface area contributed by atoms with E-state index in [1.807, 2.05) is 0 Å². The maximum absolute atomic E-state index is 5.58. The summed E-state index contributed by atoms with van der Waals surface area (Å²) in [6, 6.07) is 7.17. The topological polar surface area (TPSA) is 21.3 Å². The number of nitrogens with one attached hydrogen (secondary N) is 1. The van der Waals surface area contributed by atoms with Crippen molar-refractivity contribution in [1.29, 1.82) is 0 Å². The Bertz CT molecular complexity index is 418. The van der Waals surface area contributed by atoms with E-state index < -0.39 is 0 Å². The van der Waals surface area contributed by atoms with Crippen LogP contribution < -0.4 is 10.1 Å². The number of benzene rings is 1. The van der Waals surface area contributed by atoms with E-state index in [1.54, 1.807) is 0 Å². The number of thioether (sulfide) groups is 2. The highest BCUT2D eigenvalue weighted by Crippen LogP contribution is 2.35. The average Bonchev–Trinajstić information content (AvgIpc) is 2.88. The molecule has 0 saturated carbocycles. The highest BCUT2D eigenvalue weighted by molar-refractivity contribution is 8.06. The molecule has 2 aliphatic rings. The third kappa shape index (κ3) is 2.51. The van der Waals surface area contributed by atoms with E-state index in [1.165, 1.54) is 28.4 Å². The van der Waals surface area contributed by atoms with E-state index in [0.717, 1.165) is 18.8 Å². The minimum atomic E-state index is 0.466. The van der Waals surface area contributed by atoms with Crippen LogP contribution in [-0.2, 0) is 6.42 Å². The summed E-state index contributed by atoms with van der Waals surface area (Å²) >= 11 is 4.19. The van der Waals surface area contributed by atoms with E-state index >= 15 is 0 Å². The summed E-state index contributed by atoms with van der Waals surface area (Å²) < 4.78 is 5.58. The third-order valence-electron chi connectivity index (χ3n) is 3.60. The molecule has 4 heteroatoms. The molecule has 1 aromatic carbocycles. The monoisotopic (exact) mass is 281 g/mol. The Balaban J connectivity index is 1.82. The van der Waals surface area contributed by atoms with Crippen LogP contribution >= 0.6 is 23.5 Å². The Kier molecular flexibility index (Phi) is 4.07. The van der Waals surface area contributed by atoms with Crippen molar-refractivity contribution >= 4 is 23.5 Å². The second kappa shape index (κ2) is 5.76. The third-order valence-corrected chi connectivity index (χ3v) is 6.46. The quantitative estimate of drug-likeness (QED) is 0.919. The Hall–Kier alpha value is -0.320. The largest absolute Gasteiger partial charge is 0.493 e. The molecule has 2 unspecified atom stereocenters. The zero-order valence-electron chi connectivity index (χ0n) is 10.6. The summed E-state index contributed by atoms with van der Waals surface area (Å²) in [5, 5.41) is 4.19. The number of hydrogen-bond donors (Lipinski definition) is 1. The van der Waals surface area contributed by atoms with Gasteiger partial charge in [0.25, 0.3) is 0 Å². The minimum Gasteiger partial charge on any atom is -0.493 e. The molecule has 0 radical (unpaired) electrons. The van der Waals surface area contributed by atoms with Gasteiger partial charge in [-0.1, -0.05) is 12.1 Å². The molecule has 0 aliphatic carbocycles. The van der Waals surface area contributed by atoms with Crippen molar-refractivity contribution in [2.45, 2.75) is 17.7 Å². The lowest BCUT2D eigenvalue weighted by molar-refractivity contribution is 0.356. The van der Waals surface area contributed by atoms with Crippen LogP contribution in [0.15, 0.2) is 18.2 Å². The lowest BCUT2D eigenvalue weighted by Gasteiger charge is -2.29. The van der Waals surface area contributed by atoms with Gasteiger partial charge in [-0.25, -0.2) is 0 Å². The highest BCUT2D eigenvalue weighted by atomic mass is 32.2. The summed E-state index contributed by atoms with van der Waals surface area (Å²) in [6.45, 7) is 0.844. The van der Waals surface area contributed by atoms with Gasteiger partial charge in [0.2, 0.25) is 0 Å². The molecule has 0 bridgehead atoms. The van der Waals surface area contributed by atoms with Crippen LogP contribution in [0.25, 0.3) is 0 Å². The average molecular weight is 281 g/mol. The predicted octanol–water partition coefficient (Wildman–Crippen LogP) is 2.73. The summed E-state index contributed by atoms with van der Waals surface area (Å²) in [5.74, 6) is 4.92. The molecule has 1 aromatic rings. The molecular weight excluding hydrogens is 262 g/mol. The van der Waals surface area contributed by atoms with Crippen LogP contribution in [0.4, 0.5) is 0 Å². The Morgan fingerprint density at radius 2 is 2.33 bits per heavy atom. The van der Waals surface area contributed by atoms with Crippen molar-refractivity contribution in [3.05, 3.63) is 29.3 Å². The summed E-state index contributed by atoms with van der Waals surface area (Å²) in [7, 11) is 2.08. The van der Waals surface area contributed by atoms with Gasteiger partial charge >= 0.3 is 0 Å². The van der Waals surface area contributed by atoms with Gasteiger partial charge in [0.05, 0.1) is 6.61 Å². The zero-order chi connectivity index (χ0) is 12.4. The fourth-order valence-electron chi connectivity index (χ4n) is 2.67. The van der Waals surface area contributed by atoms with E-state index in [9.17, 15) is 0 Å². The number of ether oxygens (including phenoxy) is 1. The first kappa shape index (κ1) is 12.7. The van der Waals surface area contributed by atoms with Gasteiger partial charge in [0, 0.05) is 35.0 Å². The SMILES string of the molecule is CNC(c1ccc2c(c1)CCO2)C1CSCCS1. The predicted molar refractivity (Wildman–Crippen MR) is 81.0 cm³/mol. The van der Waals surface area contributed by atoms with E-state index in [-0.39, 0.29) is 0 Å². The molecule has 2 aliphatic heterocycles. The van der Waals surface area contributed by atoms with Gasteiger partial charge in [0.15, 0.2) is 0 Å². The van der Waals surface area contributed by atoms with Crippen molar-refractivity contribution in [2.24, 2.45) is 0 Å². The lowest BCUT2D eigenvalue weighted by atomic mass is 10.0.